The lowest BCUT2D eigenvalue weighted by Crippen LogP contribution is -2.36. The van der Waals surface area contributed by atoms with Gasteiger partial charge in [0.15, 0.2) is 0 Å². The second-order valence-corrected chi connectivity index (χ2v) is 4.64. The van der Waals surface area contributed by atoms with Gasteiger partial charge in [-0.15, -0.1) is 5.06 Å². The summed E-state index contributed by atoms with van der Waals surface area (Å²) in [5.74, 6) is -0.681. The van der Waals surface area contributed by atoms with E-state index in [4.69, 9.17) is 9.57 Å². The van der Waals surface area contributed by atoms with Crippen LogP contribution in [0.1, 0.15) is 11.1 Å². The van der Waals surface area contributed by atoms with Crippen LogP contribution in [-0.2, 0) is 27.6 Å². The third-order valence-electron chi connectivity index (χ3n) is 2.95. The zero-order chi connectivity index (χ0) is 16.5. The molecule has 0 saturated carbocycles. The molecule has 0 atom stereocenters. The van der Waals surface area contributed by atoms with E-state index < -0.39 is 12.0 Å². The first-order valence-electron chi connectivity index (χ1n) is 7.04. The van der Waals surface area contributed by atoms with Crippen LogP contribution in [-0.4, -0.2) is 17.1 Å². The van der Waals surface area contributed by atoms with Crippen LogP contribution in [0.3, 0.4) is 0 Å². The molecule has 5 heteroatoms. The Morgan fingerprint density at radius 2 is 1.43 bits per heavy atom. The van der Waals surface area contributed by atoms with Gasteiger partial charge in [-0.3, -0.25) is 9.63 Å². The second-order valence-electron chi connectivity index (χ2n) is 4.64. The zero-order valence-electron chi connectivity index (χ0n) is 12.6. The summed E-state index contributed by atoms with van der Waals surface area (Å²) < 4.78 is 5.09. The van der Waals surface area contributed by atoms with Crippen LogP contribution in [0.2, 0.25) is 0 Å². The number of rotatable bonds is 6. The van der Waals surface area contributed by atoms with Crippen LogP contribution in [0, 0.1) is 0 Å². The maximum atomic E-state index is 12.0. The highest BCUT2D eigenvalue weighted by Crippen LogP contribution is 2.08. The van der Waals surface area contributed by atoms with E-state index in [1.54, 1.807) is 0 Å². The molecule has 0 aliphatic carbocycles. The van der Waals surface area contributed by atoms with Crippen molar-refractivity contribution in [1.29, 1.82) is 0 Å². The molecule has 0 radical (unpaired) electrons. The Hall–Kier alpha value is -2.92. The predicted molar refractivity (Wildman–Crippen MR) is 84.9 cm³/mol. The van der Waals surface area contributed by atoms with Gasteiger partial charge >= 0.3 is 6.09 Å². The lowest BCUT2D eigenvalue weighted by atomic mass is 10.2. The van der Waals surface area contributed by atoms with Crippen LogP contribution in [0.4, 0.5) is 4.79 Å². The van der Waals surface area contributed by atoms with Crippen molar-refractivity contribution in [3.05, 3.63) is 84.4 Å². The van der Waals surface area contributed by atoms with Crippen LogP contribution in [0.15, 0.2) is 73.3 Å². The summed E-state index contributed by atoms with van der Waals surface area (Å²) in [6.07, 6.45) is 0.115. The van der Waals surface area contributed by atoms with E-state index in [9.17, 15) is 9.59 Å². The summed E-state index contributed by atoms with van der Waals surface area (Å²) in [6.45, 7) is 3.48. The fraction of sp³-hybridized carbons (Fsp3) is 0.111. The van der Waals surface area contributed by atoms with Crippen molar-refractivity contribution >= 4 is 12.0 Å². The molecule has 118 valence electrons. The van der Waals surface area contributed by atoms with Gasteiger partial charge in [-0.1, -0.05) is 67.2 Å². The summed E-state index contributed by atoms with van der Waals surface area (Å²) in [5, 5.41) is 0.572. The van der Waals surface area contributed by atoms with Crippen molar-refractivity contribution in [2.75, 3.05) is 0 Å². The lowest BCUT2D eigenvalue weighted by molar-refractivity contribution is -0.173. The van der Waals surface area contributed by atoms with E-state index in [1.165, 1.54) is 0 Å². The van der Waals surface area contributed by atoms with E-state index in [1.807, 2.05) is 60.7 Å². The van der Waals surface area contributed by atoms with Gasteiger partial charge in [0.2, 0.25) is 0 Å². The average molecular weight is 311 g/mol. The van der Waals surface area contributed by atoms with Gasteiger partial charge in [-0.25, -0.2) is 4.79 Å². The van der Waals surface area contributed by atoms with Crippen LogP contribution < -0.4 is 0 Å². The molecule has 2 aromatic carbocycles. The molecule has 0 N–H and O–H groups in total. The first-order valence-corrected chi connectivity index (χ1v) is 7.04. The normalized spacial score (nSPS) is 9.91. The number of hydrogen-bond acceptors (Lipinski definition) is 4. The molecule has 23 heavy (non-hydrogen) atoms. The smallest absolute Gasteiger partial charge is 0.442 e. The lowest BCUT2D eigenvalue weighted by Gasteiger charge is -2.18. The Morgan fingerprint density at radius 1 is 0.913 bits per heavy atom. The molecule has 0 aliphatic heterocycles. The molecule has 0 aromatic heterocycles. The van der Waals surface area contributed by atoms with Gasteiger partial charge in [0.05, 0.1) is 0 Å². The molecule has 5 nitrogen and oxygen atoms in total. The number of hydroxylamine groups is 2. The number of carbonyl (C=O) groups excluding carboxylic acids is 2. The molecule has 0 bridgehead atoms. The maximum absolute atomic E-state index is 12.0. The van der Waals surface area contributed by atoms with Gasteiger partial charge in [-0.2, -0.15) is 0 Å². The zero-order valence-corrected chi connectivity index (χ0v) is 12.6. The molecule has 0 spiro atoms. The number of nitrogens with zero attached hydrogens (tertiary/aromatic N) is 1. The molecule has 0 unspecified atom stereocenters. The molecule has 0 heterocycles. The van der Waals surface area contributed by atoms with E-state index >= 15 is 0 Å². The van der Waals surface area contributed by atoms with Crippen LogP contribution in [0.5, 0.6) is 0 Å². The molecule has 0 aliphatic rings. The first-order chi connectivity index (χ1) is 11.2. The third-order valence-corrected chi connectivity index (χ3v) is 2.95. The number of hydrogen-bond donors (Lipinski definition) is 0. The molecule has 2 rings (SSSR count). The molecule has 2 amide bonds. The van der Waals surface area contributed by atoms with Crippen molar-refractivity contribution in [3.8, 4) is 0 Å². The number of benzene rings is 2. The number of ether oxygens (including phenoxy) is 1. The van der Waals surface area contributed by atoms with E-state index in [0.29, 0.717) is 5.06 Å². The summed E-state index contributed by atoms with van der Waals surface area (Å²) in [6, 6.07) is 18.4. The van der Waals surface area contributed by atoms with Crippen LogP contribution >= 0.6 is 0 Å². The Morgan fingerprint density at radius 3 is 1.96 bits per heavy atom. The largest absolute Gasteiger partial charge is 0.443 e. The minimum absolute atomic E-state index is 0.0509. The molecular weight excluding hydrogens is 294 g/mol. The number of amides is 2. The van der Waals surface area contributed by atoms with Gasteiger partial charge in [0.25, 0.3) is 5.91 Å². The maximum Gasteiger partial charge on any atom is 0.442 e. The molecule has 0 saturated heterocycles. The monoisotopic (exact) mass is 311 g/mol. The Balaban J connectivity index is 1.95. The summed E-state index contributed by atoms with van der Waals surface area (Å²) in [4.78, 5) is 29.1. The highest BCUT2D eigenvalue weighted by molar-refractivity contribution is 5.96. The number of imide groups is 1. The highest BCUT2D eigenvalue weighted by Gasteiger charge is 2.22. The SMILES string of the molecule is C=CC(=O)N(OCc1ccccc1)C(=O)OCc1ccccc1. The van der Waals surface area contributed by atoms with Gasteiger partial charge in [0.1, 0.15) is 13.2 Å². The predicted octanol–water partition coefficient (Wildman–Crippen LogP) is 3.47. The molecule has 2 aromatic rings. The van der Waals surface area contributed by atoms with Gasteiger partial charge in [-0.05, 0) is 17.2 Å². The average Bonchev–Trinajstić information content (AvgIpc) is 2.61. The Labute approximate surface area is 134 Å². The summed E-state index contributed by atoms with van der Waals surface area (Å²) in [5.41, 5.74) is 1.64. The number of carbonyl (C=O) groups is 2. The van der Waals surface area contributed by atoms with E-state index in [2.05, 4.69) is 6.58 Å². The van der Waals surface area contributed by atoms with Crippen molar-refractivity contribution in [3.63, 3.8) is 0 Å². The molecular formula is C18H17NO4. The summed E-state index contributed by atoms with van der Waals surface area (Å²) >= 11 is 0. The standard InChI is InChI=1S/C18H17NO4/c1-2-17(20)19(23-14-16-11-7-4-8-12-16)18(21)22-13-15-9-5-3-6-10-15/h2-12H,1,13-14H2. The van der Waals surface area contributed by atoms with E-state index in [0.717, 1.165) is 17.2 Å². The van der Waals surface area contributed by atoms with Crippen LogP contribution in [0.25, 0.3) is 0 Å². The van der Waals surface area contributed by atoms with Gasteiger partial charge < -0.3 is 4.74 Å². The fourth-order valence-corrected chi connectivity index (χ4v) is 1.78. The Kier molecular flexibility index (Phi) is 6.08. The van der Waals surface area contributed by atoms with Crippen molar-refractivity contribution < 1.29 is 19.2 Å². The Bertz CT molecular complexity index is 655. The van der Waals surface area contributed by atoms with Crippen molar-refractivity contribution in [2.24, 2.45) is 0 Å². The van der Waals surface area contributed by atoms with Crippen molar-refractivity contribution in [2.45, 2.75) is 13.2 Å². The highest BCUT2D eigenvalue weighted by atomic mass is 16.7. The minimum Gasteiger partial charge on any atom is -0.443 e. The third kappa shape index (κ3) is 5.09. The second kappa shape index (κ2) is 8.51. The summed E-state index contributed by atoms with van der Waals surface area (Å²) in [7, 11) is 0. The van der Waals surface area contributed by atoms with Gasteiger partial charge in [0, 0.05) is 0 Å². The first kappa shape index (κ1) is 16.5. The van der Waals surface area contributed by atoms with Crippen molar-refractivity contribution in [1.82, 2.24) is 5.06 Å². The minimum atomic E-state index is -0.880. The fourth-order valence-electron chi connectivity index (χ4n) is 1.78. The molecule has 0 fully saturated rings. The topological polar surface area (TPSA) is 55.8 Å². The van der Waals surface area contributed by atoms with E-state index in [-0.39, 0.29) is 13.2 Å². The quantitative estimate of drug-likeness (QED) is 0.605.